The predicted octanol–water partition coefficient (Wildman–Crippen LogP) is 4.21. The Morgan fingerprint density at radius 3 is 2.65 bits per heavy atom. The van der Waals surface area contributed by atoms with Crippen LogP contribution in [0, 0.1) is 5.82 Å². The van der Waals surface area contributed by atoms with Gasteiger partial charge >= 0.3 is 0 Å². The Morgan fingerprint density at radius 2 is 2.00 bits per heavy atom. The number of anilines is 1. The fraction of sp³-hybridized carbons (Fsp3) is 0.0588. The molecule has 2 aromatic carbocycles. The average molecular weight is 328 g/mol. The van der Waals surface area contributed by atoms with E-state index < -0.39 is 11.7 Å². The second-order valence-corrected chi connectivity index (χ2v) is 5.61. The molecule has 0 bridgehead atoms. The Labute approximate surface area is 136 Å². The lowest BCUT2D eigenvalue weighted by Crippen LogP contribution is -2.13. The van der Waals surface area contributed by atoms with Crippen LogP contribution in [0.4, 0.5) is 10.1 Å². The lowest BCUT2D eigenvalue weighted by Gasteiger charge is -2.09. The van der Waals surface area contributed by atoms with Crippen LogP contribution in [0.3, 0.4) is 0 Å². The summed E-state index contributed by atoms with van der Waals surface area (Å²) < 4.78 is 18.4. The maximum absolute atomic E-state index is 13.4. The van der Waals surface area contributed by atoms with Crippen molar-refractivity contribution in [2.75, 3.05) is 12.4 Å². The Morgan fingerprint density at radius 1 is 1.22 bits per heavy atom. The molecule has 0 aliphatic carbocycles. The molecule has 0 fully saturated rings. The number of hydrogen-bond donors (Lipinski definition) is 1. The van der Waals surface area contributed by atoms with Crippen molar-refractivity contribution in [3.8, 4) is 16.3 Å². The number of rotatable bonds is 4. The van der Waals surface area contributed by atoms with Gasteiger partial charge in [-0.3, -0.25) is 4.79 Å². The topological polar surface area (TPSA) is 51.2 Å². The number of hydrogen-bond acceptors (Lipinski definition) is 4. The third-order valence-corrected chi connectivity index (χ3v) is 4.05. The predicted molar refractivity (Wildman–Crippen MR) is 88.5 cm³/mol. The fourth-order valence-electron chi connectivity index (χ4n) is 2.12. The molecule has 1 N–H and O–H groups in total. The molecule has 4 nitrogen and oxygen atoms in total. The zero-order chi connectivity index (χ0) is 16.2. The van der Waals surface area contributed by atoms with Crippen molar-refractivity contribution < 1.29 is 13.9 Å². The van der Waals surface area contributed by atoms with E-state index in [-0.39, 0.29) is 5.56 Å². The third kappa shape index (κ3) is 3.37. The Balaban J connectivity index is 1.79. The molecule has 1 amide bonds. The molecule has 1 heterocycles. The number of carbonyl (C=O) groups is 1. The van der Waals surface area contributed by atoms with Gasteiger partial charge in [0.05, 0.1) is 12.7 Å². The van der Waals surface area contributed by atoms with Crippen molar-refractivity contribution >= 4 is 22.9 Å². The fourth-order valence-corrected chi connectivity index (χ4v) is 2.76. The van der Waals surface area contributed by atoms with Crippen LogP contribution >= 0.6 is 11.3 Å². The summed E-state index contributed by atoms with van der Waals surface area (Å²) in [6.07, 6.45) is 1.74. The molecule has 0 aliphatic heterocycles. The largest absolute Gasteiger partial charge is 0.496 e. The molecule has 3 rings (SSSR count). The smallest absolute Gasteiger partial charge is 0.259 e. The number of halogens is 1. The number of benzene rings is 2. The van der Waals surface area contributed by atoms with Crippen LogP contribution < -0.4 is 10.1 Å². The van der Waals surface area contributed by atoms with Gasteiger partial charge in [-0.05, 0) is 42.5 Å². The van der Waals surface area contributed by atoms with Gasteiger partial charge in [0.15, 0.2) is 0 Å². The van der Waals surface area contributed by atoms with E-state index in [9.17, 15) is 9.18 Å². The molecule has 0 unspecified atom stereocenters. The monoisotopic (exact) mass is 328 g/mol. The van der Waals surface area contributed by atoms with Crippen molar-refractivity contribution in [2.24, 2.45) is 0 Å². The number of aromatic nitrogens is 1. The summed E-state index contributed by atoms with van der Waals surface area (Å²) in [4.78, 5) is 16.5. The molecule has 0 atom stereocenters. The van der Waals surface area contributed by atoms with E-state index in [2.05, 4.69) is 10.3 Å². The zero-order valence-corrected chi connectivity index (χ0v) is 13.1. The van der Waals surface area contributed by atoms with Gasteiger partial charge in [-0.1, -0.05) is 0 Å². The van der Waals surface area contributed by atoms with E-state index in [1.807, 2.05) is 17.5 Å². The van der Waals surface area contributed by atoms with E-state index in [4.69, 9.17) is 4.74 Å². The molecule has 0 saturated carbocycles. The van der Waals surface area contributed by atoms with E-state index in [0.717, 1.165) is 16.6 Å². The number of thiazole rings is 1. The zero-order valence-electron chi connectivity index (χ0n) is 12.2. The highest BCUT2D eigenvalue weighted by Crippen LogP contribution is 2.24. The molecule has 3 aromatic rings. The summed E-state index contributed by atoms with van der Waals surface area (Å²) in [6, 6.07) is 11.1. The van der Waals surface area contributed by atoms with Crippen LogP contribution in [0.25, 0.3) is 10.6 Å². The van der Waals surface area contributed by atoms with E-state index in [1.54, 1.807) is 29.7 Å². The molecule has 1 aromatic heterocycles. The maximum atomic E-state index is 13.4. The van der Waals surface area contributed by atoms with Crippen LogP contribution in [0.1, 0.15) is 10.4 Å². The summed E-state index contributed by atoms with van der Waals surface area (Å²) in [6.45, 7) is 0. The van der Waals surface area contributed by atoms with Crippen molar-refractivity contribution in [1.29, 1.82) is 0 Å². The minimum absolute atomic E-state index is 0.150. The van der Waals surface area contributed by atoms with Crippen molar-refractivity contribution in [3.63, 3.8) is 0 Å². The standard InChI is InChI=1S/C17H13FN2O2S/c1-22-15-7-4-12(18)10-14(15)16(21)20-13-5-2-11(3-6-13)17-19-8-9-23-17/h2-10H,1H3,(H,20,21). The molecular weight excluding hydrogens is 315 g/mol. The lowest BCUT2D eigenvalue weighted by molar-refractivity contribution is 0.102. The van der Waals surface area contributed by atoms with E-state index in [1.165, 1.54) is 19.2 Å². The van der Waals surface area contributed by atoms with Crippen LogP contribution in [0.15, 0.2) is 54.0 Å². The molecule has 23 heavy (non-hydrogen) atoms. The number of amides is 1. The molecule has 0 radical (unpaired) electrons. The summed E-state index contributed by atoms with van der Waals surface area (Å²) in [5.74, 6) is -0.596. The second kappa shape index (κ2) is 6.58. The number of nitrogens with one attached hydrogen (secondary N) is 1. The SMILES string of the molecule is COc1ccc(F)cc1C(=O)Nc1ccc(-c2nccs2)cc1. The minimum atomic E-state index is -0.491. The highest BCUT2D eigenvalue weighted by atomic mass is 32.1. The van der Waals surface area contributed by atoms with Crippen molar-refractivity contribution in [1.82, 2.24) is 4.98 Å². The van der Waals surface area contributed by atoms with Crippen LogP contribution in [0.2, 0.25) is 0 Å². The highest BCUT2D eigenvalue weighted by molar-refractivity contribution is 7.13. The number of nitrogens with zero attached hydrogens (tertiary/aromatic N) is 1. The molecule has 116 valence electrons. The Kier molecular flexibility index (Phi) is 4.34. The number of methoxy groups -OCH3 is 1. The Bertz CT molecular complexity index is 817. The maximum Gasteiger partial charge on any atom is 0.259 e. The molecule has 0 aliphatic rings. The first-order chi connectivity index (χ1) is 11.2. The summed E-state index contributed by atoms with van der Waals surface area (Å²) in [5.41, 5.74) is 1.74. The highest BCUT2D eigenvalue weighted by Gasteiger charge is 2.13. The number of ether oxygens (including phenoxy) is 1. The summed E-state index contributed by atoms with van der Waals surface area (Å²) in [5, 5.41) is 5.55. The van der Waals surface area contributed by atoms with Gasteiger partial charge in [-0.25, -0.2) is 9.37 Å². The quantitative estimate of drug-likeness (QED) is 0.780. The van der Waals surface area contributed by atoms with Gasteiger partial charge < -0.3 is 10.1 Å². The molecule has 0 spiro atoms. The first-order valence-electron chi connectivity index (χ1n) is 6.82. The second-order valence-electron chi connectivity index (χ2n) is 4.71. The summed E-state index contributed by atoms with van der Waals surface area (Å²) >= 11 is 1.54. The lowest BCUT2D eigenvalue weighted by atomic mass is 10.1. The van der Waals surface area contributed by atoms with E-state index in [0.29, 0.717) is 11.4 Å². The van der Waals surface area contributed by atoms with Crippen LogP contribution in [-0.4, -0.2) is 18.0 Å². The molecule has 6 heteroatoms. The first-order valence-corrected chi connectivity index (χ1v) is 7.70. The Hall–Kier alpha value is -2.73. The van der Waals surface area contributed by atoms with Gasteiger partial charge in [0.2, 0.25) is 0 Å². The van der Waals surface area contributed by atoms with Gasteiger partial charge in [-0.2, -0.15) is 0 Å². The van der Waals surface area contributed by atoms with Gasteiger partial charge in [0.1, 0.15) is 16.6 Å². The number of carbonyl (C=O) groups excluding carboxylic acids is 1. The van der Waals surface area contributed by atoms with Gasteiger partial charge in [0, 0.05) is 22.8 Å². The van der Waals surface area contributed by atoms with Crippen molar-refractivity contribution in [3.05, 3.63) is 65.4 Å². The van der Waals surface area contributed by atoms with Gasteiger partial charge in [0.25, 0.3) is 5.91 Å². The van der Waals surface area contributed by atoms with Gasteiger partial charge in [-0.15, -0.1) is 11.3 Å². The van der Waals surface area contributed by atoms with Crippen LogP contribution in [-0.2, 0) is 0 Å². The first kappa shape index (κ1) is 15.2. The minimum Gasteiger partial charge on any atom is -0.496 e. The molecular formula is C17H13FN2O2S. The third-order valence-electron chi connectivity index (χ3n) is 3.23. The average Bonchev–Trinajstić information content (AvgIpc) is 3.10. The summed E-state index contributed by atoms with van der Waals surface area (Å²) in [7, 11) is 1.44. The van der Waals surface area contributed by atoms with E-state index >= 15 is 0 Å². The molecule has 0 saturated heterocycles. The van der Waals surface area contributed by atoms with Crippen LogP contribution in [0.5, 0.6) is 5.75 Å². The normalized spacial score (nSPS) is 10.3. The van der Waals surface area contributed by atoms with Crippen molar-refractivity contribution in [2.45, 2.75) is 0 Å².